The zero-order chi connectivity index (χ0) is 23.5. The molecule has 4 rings (SSSR count). The summed E-state index contributed by atoms with van der Waals surface area (Å²) in [5.41, 5.74) is 5.35. The van der Waals surface area contributed by atoms with Crippen molar-refractivity contribution >= 4 is 17.5 Å². The van der Waals surface area contributed by atoms with Crippen molar-refractivity contribution in [2.24, 2.45) is 0 Å². The van der Waals surface area contributed by atoms with E-state index in [1.807, 2.05) is 68.4 Å². The van der Waals surface area contributed by atoms with Crippen molar-refractivity contribution in [2.75, 3.05) is 19.5 Å². The molecule has 1 heterocycles. The van der Waals surface area contributed by atoms with Crippen LogP contribution in [0.5, 0.6) is 11.5 Å². The number of carbonyl (C=O) groups is 2. The van der Waals surface area contributed by atoms with Crippen LogP contribution >= 0.6 is 0 Å². The summed E-state index contributed by atoms with van der Waals surface area (Å²) in [4.78, 5) is 28.2. The summed E-state index contributed by atoms with van der Waals surface area (Å²) in [5.74, 6) is 0.907. The van der Waals surface area contributed by atoms with Crippen LogP contribution in [-0.4, -0.2) is 30.9 Å². The number of fused-ring (bicyclic) bond motifs is 1. The van der Waals surface area contributed by atoms with Gasteiger partial charge in [-0.25, -0.2) is 0 Å². The van der Waals surface area contributed by atoms with Gasteiger partial charge in [0, 0.05) is 17.8 Å². The predicted octanol–water partition coefficient (Wildman–Crippen LogP) is 5.05. The van der Waals surface area contributed by atoms with Crippen molar-refractivity contribution in [3.8, 4) is 11.5 Å². The number of anilines is 1. The van der Waals surface area contributed by atoms with Crippen LogP contribution in [0.15, 0.2) is 60.7 Å². The Hall–Kier alpha value is -3.80. The molecule has 1 N–H and O–H groups in total. The minimum atomic E-state index is -0.463. The van der Waals surface area contributed by atoms with Gasteiger partial charge in [0.25, 0.3) is 5.91 Å². The molecule has 0 spiro atoms. The topological polar surface area (TPSA) is 67.9 Å². The van der Waals surface area contributed by atoms with Crippen molar-refractivity contribution in [2.45, 2.75) is 32.9 Å². The van der Waals surface area contributed by atoms with Crippen LogP contribution in [0, 0.1) is 13.8 Å². The van der Waals surface area contributed by atoms with Crippen molar-refractivity contribution < 1.29 is 19.1 Å². The van der Waals surface area contributed by atoms with E-state index in [0.717, 1.165) is 27.9 Å². The molecule has 1 unspecified atom stereocenters. The van der Waals surface area contributed by atoms with Crippen molar-refractivity contribution in [1.82, 2.24) is 4.90 Å². The van der Waals surface area contributed by atoms with E-state index in [0.29, 0.717) is 23.6 Å². The minimum Gasteiger partial charge on any atom is -0.493 e. The molecule has 6 heteroatoms. The number of carbonyl (C=O) groups excluding carboxylic acids is 2. The van der Waals surface area contributed by atoms with Crippen LogP contribution in [0.25, 0.3) is 0 Å². The highest BCUT2D eigenvalue weighted by Gasteiger charge is 2.35. The second kappa shape index (κ2) is 9.36. The van der Waals surface area contributed by atoms with Gasteiger partial charge >= 0.3 is 0 Å². The van der Waals surface area contributed by atoms with E-state index < -0.39 is 6.04 Å². The molecule has 1 aliphatic rings. The molecule has 0 aliphatic carbocycles. The molecule has 3 aromatic carbocycles. The standard InChI is InChI=1S/C27H28N2O4/c1-17-9-11-22(18(2)13-17)28-26(30)15-23(19-10-12-24(32-3)25(14-19)33-4)29-16-20-7-5-6-8-21(20)27(29)31/h5-14,23H,15-16H2,1-4H3,(H,28,30). The van der Waals surface area contributed by atoms with Crippen molar-refractivity contribution in [3.63, 3.8) is 0 Å². The highest BCUT2D eigenvalue weighted by molar-refractivity contribution is 5.99. The van der Waals surface area contributed by atoms with Gasteiger partial charge in [-0.15, -0.1) is 0 Å². The first-order valence-corrected chi connectivity index (χ1v) is 10.9. The summed E-state index contributed by atoms with van der Waals surface area (Å²) in [6, 6.07) is 18.5. The Bertz CT molecular complexity index is 1200. The lowest BCUT2D eigenvalue weighted by Crippen LogP contribution is -2.32. The first-order valence-electron chi connectivity index (χ1n) is 10.9. The monoisotopic (exact) mass is 444 g/mol. The van der Waals surface area contributed by atoms with Gasteiger partial charge in [-0.1, -0.05) is 42.0 Å². The largest absolute Gasteiger partial charge is 0.493 e. The summed E-state index contributed by atoms with van der Waals surface area (Å²) in [7, 11) is 3.15. The second-order valence-corrected chi connectivity index (χ2v) is 8.29. The maximum absolute atomic E-state index is 13.3. The number of benzene rings is 3. The maximum Gasteiger partial charge on any atom is 0.255 e. The second-order valence-electron chi connectivity index (χ2n) is 8.29. The molecule has 1 atom stereocenters. The van der Waals surface area contributed by atoms with Crippen LogP contribution in [0.3, 0.4) is 0 Å². The van der Waals surface area contributed by atoms with E-state index in [-0.39, 0.29) is 18.2 Å². The van der Waals surface area contributed by atoms with E-state index in [4.69, 9.17) is 9.47 Å². The summed E-state index contributed by atoms with van der Waals surface area (Å²) in [6.07, 6.45) is 0.114. The number of methoxy groups -OCH3 is 2. The van der Waals surface area contributed by atoms with Gasteiger partial charge in [-0.3, -0.25) is 9.59 Å². The first-order chi connectivity index (χ1) is 15.9. The molecule has 0 bridgehead atoms. The third kappa shape index (κ3) is 4.55. The van der Waals surface area contributed by atoms with Crippen LogP contribution in [-0.2, 0) is 11.3 Å². The fraction of sp³-hybridized carbons (Fsp3) is 0.259. The van der Waals surface area contributed by atoms with Crippen molar-refractivity contribution in [3.05, 3.63) is 88.5 Å². The molecule has 0 saturated carbocycles. The summed E-state index contributed by atoms with van der Waals surface area (Å²) >= 11 is 0. The van der Waals surface area contributed by atoms with E-state index in [2.05, 4.69) is 5.32 Å². The van der Waals surface area contributed by atoms with Gasteiger partial charge in [-0.2, -0.15) is 0 Å². The Kier molecular flexibility index (Phi) is 6.36. The Balaban J connectivity index is 1.66. The quantitative estimate of drug-likeness (QED) is 0.554. The first kappa shape index (κ1) is 22.4. The minimum absolute atomic E-state index is 0.0790. The SMILES string of the molecule is COc1ccc(C(CC(=O)Nc2ccc(C)cc2C)N2Cc3ccccc3C2=O)cc1OC. The summed E-state index contributed by atoms with van der Waals surface area (Å²) < 4.78 is 10.8. The normalized spacial score (nSPS) is 13.5. The Labute approximate surface area is 194 Å². The number of ether oxygens (including phenoxy) is 2. The summed E-state index contributed by atoms with van der Waals surface area (Å²) in [6.45, 7) is 4.43. The van der Waals surface area contributed by atoms with Gasteiger partial charge in [-0.05, 0) is 54.8 Å². The number of nitrogens with one attached hydrogen (secondary N) is 1. The van der Waals surface area contributed by atoms with Gasteiger partial charge in [0.1, 0.15) is 0 Å². The number of nitrogens with zero attached hydrogens (tertiary/aromatic N) is 1. The average Bonchev–Trinajstić information content (AvgIpc) is 3.15. The lowest BCUT2D eigenvalue weighted by molar-refractivity contribution is -0.117. The van der Waals surface area contributed by atoms with Gasteiger partial charge in [0.15, 0.2) is 11.5 Å². The molecule has 33 heavy (non-hydrogen) atoms. The Morgan fingerprint density at radius 3 is 2.45 bits per heavy atom. The molecule has 0 saturated heterocycles. The van der Waals surface area contributed by atoms with Gasteiger partial charge < -0.3 is 19.7 Å². The molecular formula is C27H28N2O4. The molecule has 3 aromatic rings. The number of hydrogen-bond acceptors (Lipinski definition) is 4. The van der Waals surface area contributed by atoms with Crippen LogP contribution in [0.1, 0.15) is 45.1 Å². The third-order valence-corrected chi connectivity index (χ3v) is 6.05. The highest BCUT2D eigenvalue weighted by Crippen LogP contribution is 2.37. The molecule has 0 fully saturated rings. The molecule has 0 aromatic heterocycles. The molecule has 1 aliphatic heterocycles. The third-order valence-electron chi connectivity index (χ3n) is 6.05. The van der Waals surface area contributed by atoms with E-state index >= 15 is 0 Å². The fourth-order valence-electron chi connectivity index (χ4n) is 4.33. The predicted molar refractivity (Wildman–Crippen MR) is 128 cm³/mol. The maximum atomic E-state index is 13.3. The van der Waals surface area contributed by atoms with Crippen molar-refractivity contribution in [1.29, 1.82) is 0 Å². The Morgan fingerprint density at radius 1 is 1.00 bits per heavy atom. The zero-order valence-corrected chi connectivity index (χ0v) is 19.3. The number of hydrogen-bond donors (Lipinski definition) is 1. The van der Waals surface area contributed by atoms with Crippen LogP contribution in [0.2, 0.25) is 0 Å². The molecule has 6 nitrogen and oxygen atoms in total. The van der Waals surface area contributed by atoms with E-state index in [1.54, 1.807) is 25.2 Å². The van der Waals surface area contributed by atoms with E-state index in [9.17, 15) is 9.59 Å². The van der Waals surface area contributed by atoms with Crippen LogP contribution < -0.4 is 14.8 Å². The fourth-order valence-corrected chi connectivity index (χ4v) is 4.33. The molecule has 2 amide bonds. The number of aryl methyl sites for hydroxylation is 2. The smallest absolute Gasteiger partial charge is 0.255 e. The molecule has 170 valence electrons. The number of amides is 2. The average molecular weight is 445 g/mol. The zero-order valence-electron chi connectivity index (χ0n) is 19.3. The lowest BCUT2D eigenvalue weighted by Gasteiger charge is -2.28. The molecular weight excluding hydrogens is 416 g/mol. The van der Waals surface area contributed by atoms with E-state index in [1.165, 1.54) is 0 Å². The number of rotatable bonds is 7. The summed E-state index contributed by atoms with van der Waals surface area (Å²) in [5, 5.41) is 3.02. The lowest BCUT2D eigenvalue weighted by atomic mass is 10.0. The van der Waals surface area contributed by atoms with Gasteiger partial charge in [0.2, 0.25) is 5.91 Å². The van der Waals surface area contributed by atoms with Gasteiger partial charge in [0.05, 0.1) is 26.7 Å². The Morgan fingerprint density at radius 2 is 1.76 bits per heavy atom. The molecule has 0 radical (unpaired) electrons. The highest BCUT2D eigenvalue weighted by atomic mass is 16.5. The van der Waals surface area contributed by atoms with Crippen LogP contribution in [0.4, 0.5) is 5.69 Å².